The van der Waals surface area contributed by atoms with Crippen molar-refractivity contribution in [2.24, 2.45) is 0 Å². The van der Waals surface area contributed by atoms with Crippen LogP contribution in [0.1, 0.15) is 22.8 Å². The first-order valence-corrected chi connectivity index (χ1v) is 7.90. The van der Waals surface area contributed by atoms with Gasteiger partial charge in [-0.15, -0.1) is 0 Å². The van der Waals surface area contributed by atoms with Crippen LogP contribution < -0.4 is 10.2 Å². The van der Waals surface area contributed by atoms with Crippen molar-refractivity contribution in [2.75, 3.05) is 24.3 Å². The van der Waals surface area contributed by atoms with Crippen molar-refractivity contribution >= 4 is 23.4 Å². The molecule has 1 N–H and O–H groups in total. The molecule has 0 saturated carbocycles. The van der Waals surface area contributed by atoms with E-state index in [9.17, 15) is 22.8 Å². The average Bonchev–Trinajstić information content (AvgIpc) is 2.61. The molecule has 0 spiro atoms. The molecule has 0 fully saturated rings. The summed E-state index contributed by atoms with van der Waals surface area (Å²) >= 11 is 0. The van der Waals surface area contributed by atoms with E-state index in [1.807, 2.05) is 0 Å². The average molecular weight is 381 g/mol. The summed E-state index contributed by atoms with van der Waals surface area (Å²) in [6.45, 7) is 1.32. The number of esters is 1. The number of anilines is 2. The molecule has 0 aliphatic rings. The Morgan fingerprint density at radius 2 is 1.89 bits per heavy atom. The molecule has 1 aromatic carbocycles. The molecule has 0 radical (unpaired) electrons. The van der Waals surface area contributed by atoms with Crippen molar-refractivity contribution in [1.82, 2.24) is 4.98 Å². The molecule has 0 unspecified atom stereocenters. The molecule has 1 amide bonds. The molecule has 6 nitrogen and oxygen atoms in total. The van der Waals surface area contributed by atoms with Gasteiger partial charge in [0.25, 0.3) is 5.91 Å². The van der Waals surface area contributed by atoms with E-state index in [-0.39, 0.29) is 11.3 Å². The zero-order valence-electron chi connectivity index (χ0n) is 14.9. The van der Waals surface area contributed by atoms with Gasteiger partial charge in [0, 0.05) is 26.0 Å². The Morgan fingerprint density at radius 1 is 1.19 bits per heavy atom. The first-order chi connectivity index (χ1) is 12.6. The third-order valence-corrected chi connectivity index (χ3v) is 3.55. The highest BCUT2D eigenvalue weighted by atomic mass is 19.4. The van der Waals surface area contributed by atoms with Crippen molar-refractivity contribution in [1.29, 1.82) is 0 Å². The zero-order chi connectivity index (χ0) is 20.2. The number of carbonyl (C=O) groups excluding carboxylic acids is 2. The van der Waals surface area contributed by atoms with E-state index < -0.39 is 29.7 Å². The molecule has 1 aromatic heterocycles. The Bertz CT molecular complexity index is 821. The Balaban J connectivity index is 2.00. The van der Waals surface area contributed by atoms with Crippen LogP contribution in [0.2, 0.25) is 0 Å². The summed E-state index contributed by atoms with van der Waals surface area (Å²) < 4.78 is 43.2. The van der Waals surface area contributed by atoms with Gasteiger partial charge in [0.05, 0.1) is 11.1 Å². The van der Waals surface area contributed by atoms with E-state index >= 15 is 0 Å². The summed E-state index contributed by atoms with van der Waals surface area (Å²) in [6, 6.07) is 7.30. The summed E-state index contributed by atoms with van der Waals surface area (Å²) in [5.74, 6) is -0.873. The zero-order valence-corrected chi connectivity index (χ0v) is 14.9. The molecular formula is C18H18F3N3O3. The van der Waals surface area contributed by atoms with Gasteiger partial charge in [-0.25, -0.2) is 9.78 Å². The molecule has 2 rings (SSSR count). The molecule has 2 aromatic rings. The number of alkyl halides is 3. The summed E-state index contributed by atoms with van der Waals surface area (Å²) in [4.78, 5) is 30.0. The number of hydrogen-bond acceptors (Lipinski definition) is 5. The van der Waals surface area contributed by atoms with Gasteiger partial charge in [-0.05, 0) is 37.3 Å². The minimum absolute atomic E-state index is 0.0465. The van der Waals surface area contributed by atoms with E-state index in [1.54, 1.807) is 25.1 Å². The van der Waals surface area contributed by atoms with Gasteiger partial charge in [0.2, 0.25) is 0 Å². The van der Waals surface area contributed by atoms with Crippen LogP contribution in [-0.2, 0) is 15.7 Å². The van der Waals surface area contributed by atoms with Gasteiger partial charge < -0.3 is 15.0 Å². The minimum atomic E-state index is -4.52. The van der Waals surface area contributed by atoms with Crippen molar-refractivity contribution in [3.63, 3.8) is 0 Å². The molecule has 9 heteroatoms. The fraction of sp³-hybridized carbons (Fsp3) is 0.278. The third kappa shape index (κ3) is 5.44. The molecule has 144 valence electrons. The lowest BCUT2D eigenvalue weighted by atomic mass is 10.2. The summed E-state index contributed by atoms with van der Waals surface area (Å²) in [5.41, 5.74) is -0.786. The largest absolute Gasteiger partial charge is 0.449 e. The lowest BCUT2D eigenvalue weighted by Gasteiger charge is -2.15. The Hall–Kier alpha value is -3.10. The summed E-state index contributed by atoms with van der Waals surface area (Å²) in [5, 5.41) is 2.30. The maximum atomic E-state index is 12.7. The third-order valence-electron chi connectivity index (χ3n) is 3.55. The number of nitrogens with zero attached hydrogens (tertiary/aromatic N) is 2. The normalized spacial score (nSPS) is 12.2. The van der Waals surface area contributed by atoms with Gasteiger partial charge in [-0.1, -0.05) is 6.07 Å². The Kier molecular flexibility index (Phi) is 6.04. The van der Waals surface area contributed by atoms with Crippen molar-refractivity contribution in [2.45, 2.75) is 19.2 Å². The van der Waals surface area contributed by atoms with Crippen molar-refractivity contribution in [3.05, 3.63) is 53.7 Å². The van der Waals surface area contributed by atoms with Crippen LogP contribution in [-0.4, -0.2) is 37.1 Å². The predicted octanol–water partition coefficient (Wildman–Crippen LogP) is 3.35. The molecule has 0 aliphatic carbocycles. The molecule has 27 heavy (non-hydrogen) atoms. The van der Waals surface area contributed by atoms with Crippen LogP contribution in [0.5, 0.6) is 0 Å². The van der Waals surface area contributed by atoms with E-state index in [4.69, 9.17) is 4.74 Å². The number of ether oxygens (including phenoxy) is 1. The minimum Gasteiger partial charge on any atom is -0.449 e. The number of rotatable bonds is 5. The summed E-state index contributed by atoms with van der Waals surface area (Å²) in [6.07, 6.45) is -4.42. The van der Waals surface area contributed by atoms with Crippen molar-refractivity contribution in [3.8, 4) is 0 Å². The molecule has 1 atom stereocenters. The van der Waals surface area contributed by atoms with Gasteiger partial charge in [-0.3, -0.25) is 4.79 Å². The van der Waals surface area contributed by atoms with Gasteiger partial charge in [0.1, 0.15) is 5.82 Å². The number of carbonyl (C=O) groups is 2. The number of benzene rings is 1. The highest BCUT2D eigenvalue weighted by Gasteiger charge is 2.30. The highest BCUT2D eigenvalue weighted by Crippen LogP contribution is 2.30. The fourth-order valence-electron chi connectivity index (χ4n) is 2.07. The molecule has 0 saturated heterocycles. The number of nitrogens with one attached hydrogen (secondary N) is 1. The number of halogens is 3. The van der Waals surface area contributed by atoms with Gasteiger partial charge in [-0.2, -0.15) is 13.2 Å². The number of hydrogen-bond donors (Lipinski definition) is 1. The molecule has 0 bridgehead atoms. The first kappa shape index (κ1) is 20.2. The molecule has 0 aliphatic heterocycles. The Labute approximate surface area is 154 Å². The fourth-order valence-corrected chi connectivity index (χ4v) is 2.07. The number of amides is 1. The second kappa shape index (κ2) is 8.07. The maximum absolute atomic E-state index is 12.7. The van der Waals surface area contributed by atoms with E-state index in [0.717, 1.165) is 12.1 Å². The highest BCUT2D eigenvalue weighted by molar-refractivity contribution is 5.97. The molecule has 1 heterocycles. The smallest absolute Gasteiger partial charge is 0.416 e. The lowest BCUT2D eigenvalue weighted by molar-refractivity contribution is -0.137. The molecular weight excluding hydrogens is 363 g/mol. The maximum Gasteiger partial charge on any atom is 0.416 e. The van der Waals surface area contributed by atoms with E-state index in [0.29, 0.717) is 5.82 Å². The second-order valence-electron chi connectivity index (χ2n) is 5.91. The van der Waals surface area contributed by atoms with E-state index in [1.165, 1.54) is 31.3 Å². The lowest BCUT2D eigenvalue weighted by Crippen LogP contribution is -2.30. The van der Waals surface area contributed by atoms with Gasteiger partial charge >= 0.3 is 12.1 Å². The second-order valence-corrected chi connectivity index (χ2v) is 5.91. The van der Waals surface area contributed by atoms with Crippen LogP contribution in [0.3, 0.4) is 0 Å². The number of aromatic nitrogens is 1. The number of pyridine rings is 1. The van der Waals surface area contributed by atoms with Crippen LogP contribution in [0.15, 0.2) is 42.6 Å². The van der Waals surface area contributed by atoms with Crippen LogP contribution >= 0.6 is 0 Å². The SMILES string of the molecule is C[C@@H](OC(=O)c1ccc(N(C)C)nc1)C(=O)Nc1cccc(C(F)(F)F)c1. The summed E-state index contributed by atoms with van der Waals surface area (Å²) in [7, 11) is 3.58. The van der Waals surface area contributed by atoms with E-state index in [2.05, 4.69) is 10.3 Å². The topological polar surface area (TPSA) is 71.5 Å². The van der Waals surface area contributed by atoms with Crippen LogP contribution in [0.25, 0.3) is 0 Å². The first-order valence-electron chi connectivity index (χ1n) is 7.90. The predicted molar refractivity (Wildman–Crippen MR) is 93.5 cm³/mol. The van der Waals surface area contributed by atoms with Crippen LogP contribution in [0.4, 0.5) is 24.7 Å². The Morgan fingerprint density at radius 3 is 2.44 bits per heavy atom. The quantitative estimate of drug-likeness (QED) is 0.805. The monoisotopic (exact) mass is 381 g/mol. The van der Waals surface area contributed by atoms with Gasteiger partial charge in [0.15, 0.2) is 6.10 Å². The standard InChI is InChI=1S/C18H18F3N3O3/c1-11(27-17(26)12-7-8-15(22-10-12)24(2)3)16(25)23-14-6-4-5-13(9-14)18(19,20)21/h4-11H,1-3H3,(H,23,25)/t11-/m1/s1. The van der Waals surface area contributed by atoms with Crippen LogP contribution in [0, 0.1) is 0 Å². The van der Waals surface area contributed by atoms with Crippen molar-refractivity contribution < 1.29 is 27.5 Å².